The number of para-hydroxylation sites is 1. The molecule has 1 amide bonds. The SMILES string of the molecule is O=C1CC(C(F)(F)F)c2cnn(-c3ccccc3Cl)c2N1. The molecule has 110 valence electrons. The van der Waals surface area contributed by atoms with Gasteiger partial charge in [0.05, 0.1) is 22.8 Å². The van der Waals surface area contributed by atoms with Crippen LogP contribution in [-0.4, -0.2) is 21.9 Å². The molecule has 1 aliphatic rings. The Morgan fingerprint density at radius 2 is 2.05 bits per heavy atom. The largest absolute Gasteiger partial charge is 0.396 e. The van der Waals surface area contributed by atoms with E-state index in [0.29, 0.717) is 10.7 Å². The van der Waals surface area contributed by atoms with E-state index in [1.54, 1.807) is 24.3 Å². The number of carbonyl (C=O) groups is 1. The highest BCUT2D eigenvalue weighted by molar-refractivity contribution is 6.32. The third kappa shape index (κ3) is 2.37. The van der Waals surface area contributed by atoms with E-state index >= 15 is 0 Å². The first-order valence-corrected chi connectivity index (χ1v) is 6.45. The van der Waals surface area contributed by atoms with Crippen LogP contribution in [-0.2, 0) is 4.79 Å². The van der Waals surface area contributed by atoms with Gasteiger partial charge < -0.3 is 5.32 Å². The smallest absolute Gasteiger partial charge is 0.310 e. The molecule has 4 nitrogen and oxygen atoms in total. The molecule has 1 N–H and O–H groups in total. The van der Waals surface area contributed by atoms with Gasteiger partial charge in [0.1, 0.15) is 5.82 Å². The number of hydrogen-bond acceptors (Lipinski definition) is 2. The average molecular weight is 316 g/mol. The van der Waals surface area contributed by atoms with Crippen molar-refractivity contribution in [3.05, 3.63) is 41.0 Å². The number of amides is 1. The van der Waals surface area contributed by atoms with Crippen LogP contribution in [0.1, 0.15) is 17.9 Å². The number of carbonyl (C=O) groups excluding carboxylic acids is 1. The summed E-state index contributed by atoms with van der Waals surface area (Å²) in [7, 11) is 0. The van der Waals surface area contributed by atoms with E-state index < -0.39 is 24.4 Å². The molecule has 0 spiro atoms. The number of halogens is 4. The summed E-state index contributed by atoms with van der Waals surface area (Å²) in [6, 6.07) is 6.58. The first-order chi connectivity index (χ1) is 9.88. The van der Waals surface area contributed by atoms with Crippen LogP contribution in [0.5, 0.6) is 0 Å². The van der Waals surface area contributed by atoms with Crippen LogP contribution in [0.4, 0.5) is 19.0 Å². The maximum atomic E-state index is 13.0. The summed E-state index contributed by atoms with van der Waals surface area (Å²) in [6.07, 6.45) is -4.01. The second-order valence-corrected chi connectivity index (χ2v) is 5.07. The molecule has 1 unspecified atom stereocenters. The maximum absolute atomic E-state index is 13.0. The van der Waals surface area contributed by atoms with Gasteiger partial charge in [-0.3, -0.25) is 4.79 Å². The molecule has 1 aromatic heterocycles. The van der Waals surface area contributed by atoms with E-state index in [-0.39, 0.29) is 11.4 Å². The Morgan fingerprint density at radius 1 is 1.33 bits per heavy atom. The molecule has 1 aliphatic heterocycles. The fourth-order valence-corrected chi connectivity index (χ4v) is 2.53. The zero-order valence-electron chi connectivity index (χ0n) is 10.5. The number of alkyl halides is 3. The van der Waals surface area contributed by atoms with Crippen molar-refractivity contribution in [1.82, 2.24) is 9.78 Å². The van der Waals surface area contributed by atoms with Crippen molar-refractivity contribution in [2.24, 2.45) is 0 Å². The van der Waals surface area contributed by atoms with Crippen molar-refractivity contribution >= 4 is 23.3 Å². The Morgan fingerprint density at radius 3 is 2.71 bits per heavy atom. The van der Waals surface area contributed by atoms with E-state index in [0.717, 1.165) is 6.20 Å². The maximum Gasteiger partial charge on any atom is 0.396 e. The van der Waals surface area contributed by atoms with Crippen LogP contribution in [0.3, 0.4) is 0 Å². The highest BCUT2D eigenvalue weighted by atomic mass is 35.5. The lowest BCUT2D eigenvalue weighted by atomic mass is 9.94. The molecule has 0 aliphatic carbocycles. The number of nitrogens with zero attached hydrogens (tertiary/aromatic N) is 2. The topological polar surface area (TPSA) is 46.9 Å². The zero-order chi connectivity index (χ0) is 15.2. The van der Waals surface area contributed by atoms with Crippen molar-refractivity contribution in [3.63, 3.8) is 0 Å². The fraction of sp³-hybridized carbons (Fsp3) is 0.231. The summed E-state index contributed by atoms with van der Waals surface area (Å²) >= 11 is 6.03. The predicted molar refractivity (Wildman–Crippen MR) is 70.6 cm³/mol. The summed E-state index contributed by atoms with van der Waals surface area (Å²) in [5, 5.41) is 6.71. The standard InChI is InChI=1S/C13H9ClF3N3O/c14-9-3-1-2-4-10(9)20-12-7(6-18-20)8(13(15,16)17)5-11(21)19-12/h1-4,6,8H,5H2,(H,19,21). The fourth-order valence-electron chi connectivity index (χ4n) is 2.32. The molecule has 1 atom stereocenters. The van der Waals surface area contributed by atoms with E-state index in [4.69, 9.17) is 11.6 Å². The van der Waals surface area contributed by atoms with Gasteiger partial charge in [-0.25, -0.2) is 4.68 Å². The molecule has 0 saturated heterocycles. The number of aromatic nitrogens is 2. The minimum absolute atomic E-state index is 0.0154. The van der Waals surface area contributed by atoms with Crippen LogP contribution >= 0.6 is 11.6 Å². The quantitative estimate of drug-likeness (QED) is 0.875. The van der Waals surface area contributed by atoms with Crippen LogP contribution in [0.2, 0.25) is 5.02 Å². The highest BCUT2D eigenvalue weighted by Gasteiger charge is 2.46. The van der Waals surface area contributed by atoms with Crippen LogP contribution in [0, 0.1) is 0 Å². The van der Waals surface area contributed by atoms with Gasteiger partial charge in [-0.15, -0.1) is 0 Å². The van der Waals surface area contributed by atoms with E-state index in [2.05, 4.69) is 10.4 Å². The molecule has 3 rings (SSSR count). The van der Waals surface area contributed by atoms with Gasteiger partial charge in [0.25, 0.3) is 0 Å². The summed E-state index contributed by atoms with van der Waals surface area (Å²) in [6.45, 7) is 0. The third-order valence-corrected chi connectivity index (χ3v) is 3.62. The van der Waals surface area contributed by atoms with Crippen molar-refractivity contribution in [3.8, 4) is 5.69 Å². The van der Waals surface area contributed by atoms with Crippen LogP contribution < -0.4 is 5.32 Å². The lowest BCUT2D eigenvalue weighted by Crippen LogP contribution is -2.31. The van der Waals surface area contributed by atoms with Gasteiger partial charge in [0.15, 0.2) is 0 Å². The molecule has 0 fully saturated rings. The minimum atomic E-state index is -4.50. The van der Waals surface area contributed by atoms with Crippen molar-refractivity contribution < 1.29 is 18.0 Å². The van der Waals surface area contributed by atoms with E-state index in [1.807, 2.05) is 0 Å². The van der Waals surface area contributed by atoms with Gasteiger partial charge in [0.2, 0.25) is 5.91 Å². The Kier molecular flexibility index (Phi) is 3.16. The third-order valence-electron chi connectivity index (χ3n) is 3.30. The molecule has 0 bridgehead atoms. The molecule has 0 radical (unpaired) electrons. The molecular weight excluding hydrogens is 307 g/mol. The first-order valence-electron chi connectivity index (χ1n) is 6.07. The van der Waals surface area contributed by atoms with Crippen molar-refractivity contribution in [2.45, 2.75) is 18.5 Å². The van der Waals surface area contributed by atoms with Gasteiger partial charge in [-0.1, -0.05) is 23.7 Å². The van der Waals surface area contributed by atoms with E-state index in [9.17, 15) is 18.0 Å². The Bertz CT molecular complexity index is 711. The summed E-state index contributed by atoms with van der Waals surface area (Å²) in [5.41, 5.74) is 0.352. The molecule has 0 saturated carbocycles. The molecule has 2 heterocycles. The summed E-state index contributed by atoms with van der Waals surface area (Å²) < 4.78 is 40.3. The Labute approximate surface area is 122 Å². The number of anilines is 1. The van der Waals surface area contributed by atoms with Crippen LogP contribution in [0.15, 0.2) is 30.5 Å². The molecule has 1 aromatic carbocycles. The number of rotatable bonds is 1. The van der Waals surface area contributed by atoms with Gasteiger partial charge in [-0.2, -0.15) is 18.3 Å². The zero-order valence-corrected chi connectivity index (χ0v) is 11.2. The van der Waals surface area contributed by atoms with Gasteiger partial charge in [-0.05, 0) is 12.1 Å². The predicted octanol–water partition coefficient (Wildman–Crippen LogP) is 3.51. The van der Waals surface area contributed by atoms with Gasteiger partial charge >= 0.3 is 6.18 Å². The first kappa shape index (κ1) is 13.9. The second kappa shape index (κ2) is 4.77. The molecule has 2 aromatic rings. The number of hydrogen-bond donors (Lipinski definition) is 1. The normalized spacial score (nSPS) is 18.3. The minimum Gasteiger partial charge on any atom is -0.310 e. The monoisotopic (exact) mass is 315 g/mol. The lowest BCUT2D eigenvalue weighted by molar-refractivity contribution is -0.156. The Hall–Kier alpha value is -2.02. The molecule has 8 heteroatoms. The summed E-state index contributed by atoms with van der Waals surface area (Å²) in [5.74, 6) is -2.53. The van der Waals surface area contributed by atoms with Crippen molar-refractivity contribution in [2.75, 3.05) is 5.32 Å². The second-order valence-electron chi connectivity index (χ2n) is 4.66. The average Bonchev–Trinajstić information content (AvgIpc) is 2.80. The number of fused-ring (bicyclic) bond motifs is 1. The number of benzene rings is 1. The molecular formula is C13H9ClF3N3O. The Balaban J connectivity index is 2.15. The highest BCUT2D eigenvalue weighted by Crippen LogP contribution is 2.44. The van der Waals surface area contributed by atoms with Crippen molar-refractivity contribution in [1.29, 1.82) is 0 Å². The van der Waals surface area contributed by atoms with E-state index in [1.165, 1.54) is 4.68 Å². The lowest BCUT2D eigenvalue weighted by Gasteiger charge is -2.25. The molecule has 21 heavy (non-hydrogen) atoms. The number of nitrogens with one attached hydrogen (secondary N) is 1. The van der Waals surface area contributed by atoms with Crippen LogP contribution in [0.25, 0.3) is 5.69 Å². The summed E-state index contributed by atoms with van der Waals surface area (Å²) in [4.78, 5) is 11.6. The van der Waals surface area contributed by atoms with Gasteiger partial charge in [0, 0.05) is 12.0 Å².